The zero-order valence-electron chi connectivity index (χ0n) is 14.4. The lowest BCUT2D eigenvalue weighted by Gasteiger charge is -2.18. The lowest BCUT2D eigenvalue weighted by Crippen LogP contribution is -2.31. The molecule has 0 fully saturated rings. The van der Waals surface area contributed by atoms with Crippen LogP contribution in [0.2, 0.25) is 5.02 Å². The molecule has 1 heterocycles. The van der Waals surface area contributed by atoms with Gasteiger partial charge in [-0.2, -0.15) is 0 Å². The molecular formula is C19H14Cl2N2O4. The highest BCUT2D eigenvalue weighted by Gasteiger charge is 2.40. The Balaban J connectivity index is 2.00. The number of methoxy groups -OCH3 is 1. The SMILES string of the molecule is COc1ccc(Cl)cc1N1C(=O)C(Cl)=C(c2ccc(NC(C)=O)cc2)C1=O. The summed E-state index contributed by atoms with van der Waals surface area (Å²) < 4.78 is 5.23. The number of anilines is 2. The highest BCUT2D eigenvalue weighted by molar-refractivity contribution is 6.60. The summed E-state index contributed by atoms with van der Waals surface area (Å²) in [6.07, 6.45) is 0. The number of halogens is 2. The fourth-order valence-electron chi connectivity index (χ4n) is 2.73. The topological polar surface area (TPSA) is 75.7 Å². The van der Waals surface area contributed by atoms with E-state index in [1.165, 1.54) is 20.1 Å². The second-order valence-electron chi connectivity index (χ2n) is 5.71. The molecule has 0 saturated heterocycles. The Morgan fingerprint density at radius 2 is 1.70 bits per heavy atom. The van der Waals surface area contributed by atoms with E-state index in [-0.39, 0.29) is 22.2 Å². The third-order valence-electron chi connectivity index (χ3n) is 3.90. The van der Waals surface area contributed by atoms with Gasteiger partial charge in [0.2, 0.25) is 5.91 Å². The molecule has 138 valence electrons. The number of hydrogen-bond acceptors (Lipinski definition) is 4. The first-order chi connectivity index (χ1) is 12.8. The van der Waals surface area contributed by atoms with Gasteiger partial charge in [0.15, 0.2) is 0 Å². The molecule has 8 heteroatoms. The van der Waals surface area contributed by atoms with E-state index < -0.39 is 11.8 Å². The Labute approximate surface area is 165 Å². The van der Waals surface area contributed by atoms with E-state index in [1.807, 2.05) is 0 Å². The summed E-state index contributed by atoms with van der Waals surface area (Å²) in [6.45, 7) is 1.39. The van der Waals surface area contributed by atoms with Crippen LogP contribution in [0.5, 0.6) is 5.75 Å². The molecule has 0 radical (unpaired) electrons. The van der Waals surface area contributed by atoms with Crippen LogP contribution in [0.15, 0.2) is 47.5 Å². The monoisotopic (exact) mass is 404 g/mol. The predicted octanol–water partition coefficient (Wildman–Crippen LogP) is 3.83. The first-order valence-corrected chi connectivity index (χ1v) is 8.59. The highest BCUT2D eigenvalue weighted by atomic mass is 35.5. The van der Waals surface area contributed by atoms with E-state index >= 15 is 0 Å². The smallest absolute Gasteiger partial charge is 0.277 e. The molecule has 2 aromatic rings. The van der Waals surface area contributed by atoms with Gasteiger partial charge in [-0.3, -0.25) is 14.4 Å². The standard InChI is InChI=1S/C19H14Cl2N2O4/c1-10(24)22-13-6-3-11(4-7-13)16-17(21)19(26)23(18(16)25)14-9-12(20)5-8-15(14)27-2/h3-9H,1-2H3,(H,22,24). The van der Waals surface area contributed by atoms with Crippen molar-refractivity contribution < 1.29 is 19.1 Å². The third-order valence-corrected chi connectivity index (χ3v) is 4.49. The van der Waals surface area contributed by atoms with Crippen molar-refractivity contribution in [1.29, 1.82) is 0 Å². The Bertz CT molecular complexity index is 984. The molecule has 27 heavy (non-hydrogen) atoms. The number of ether oxygens (including phenoxy) is 1. The van der Waals surface area contributed by atoms with Crippen LogP contribution in [-0.2, 0) is 14.4 Å². The molecule has 2 aromatic carbocycles. The number of rotatable bonds is 4. The summed E-state index contributed by atoms with van der Waals surface area (Å²) >= 11 is 12.2. The van der Waals surface area contributed by atoms with Gasteiger partial charge in [-0.1, -0.05) is 35.3 Å². The number of amides is 3. The maximum Gasteiger partial charge on any atom is 0.277 e. The summed E-state index contributed by atoms with van der Waals surface area (Å²) in [5.41, 5.74) is 1.30. The number of benzene rings is 2. The molecule has 1 N–H and O–H groups in total. The van der Waals surface area contributed by atoms with Crippen molar-refractivity contribution in [3.05, 3.63) is 58.1 Å². The maximum absolute atomic E-state index is 13.0. The Morgan fingerprint density at radius 3 is 2.30 bits per heavy atom. The highest BCUT2D eigenvalue weighted by Crippen LogP contribution is 2.39. The van der Waals surface area contributed by atoms with Gasteiger partial charge in [-0.25, -0.2) is 4.90 Å². The minimum Gasteiger partial charge on any atom is -0.495 e. The molecule has 6 nitrogen and oxygen atoms in total. The van der Waals surface area contributed by atoms with Gasteiger partial charge in [0.1, 0.15) is 10.8 Å². The second-order valence-corrected chi connectivity index (χ2v) is 6.52. The second kappa shape index (κ2) is 7.42. The van der Waals surface area contributed by atoms with Crippen molar-refractivity contribution in [1.82, 2.24) is 0 Å². The van der Waals surface area contributed by atoms with Crippen LogP contribution >= 0.6 is 23.2 Å². The minimum atomic E-state index is -0.664. The molecule has 0 atom stereocenters. The van der Waals surface area contributed by atoms with E-state index in [4.69, 9.17) is 27.9 Å². The molecule has 0 saturated carbocycles. The molecule has 0 aromatic heterocycles. The van der Waals surface area contributed by atoms with E-state index in [2.05, 4.69) is 5.32 Å². The number of nitrogens with one attached hydrogen (secondary N) is 1. The fourth-order valence-corrected chi connectivity index (χ4v) is 3.17. The summed E-state index contributed by atoms with van der Waals surface area (Å²) in [7, 11) is 1.43. The molecule has 0 bridgehead atoms. The number of carbonyl (C=O) groups excluding carboxylic acids is 3. The zero-order chi connectivity index (χ0) is 19.7. The minimum absolute atomic E-state index is 0.0677. The molecule has 0 spiro atoms. The largest absolute Gasteiger partial charge is 0.495 e. The van der Waals surface area contributed by atoms with E-state index in [0.717, 1.165) is 4.90 Å². The third kappa shape index (κ3) is 3.54. The van der Waals surface area contributed by atoms with Gasteiger partial charge in [0, 0.05) is 17.6 Å². The average molecular weight is 405 g/mol. The molecule has 0 unspecified atom stereocenters. The quantitative estimate of drug-likeness (QED) is 0.785. The Morgan fingerprint density at radius 1 is 1.04 bits per heavy atom. The van der Waals surface area contributed by atoms with E-state index in [1.54, 1.807) is 36.4 Å². The Kier molecular flexibility index (Phi) is 5.21. The van der Waals surface area contributed by atoms with Gasteiger partial charge in [0.25, 0.3) is 11.8 Å². The van der Waals surface area contributed by atoms with Crippen molar-refractivity contribution in [3.8, 4) is 5.75 Å². The van der Waals surface area contributed by atoms with Crippen molar-refractivity contribution in [2.45, 2.75) is 6.92 Å². The predicted molar refractivity (Wildman–Crippen MR) is 104 cm³/mol. The summed E-state index contributed by atoms with van der Waals surface area (Å²) in [5, 5.41) is 2.77. The van der Waals surface area contributed by atoms with Crippen molar-refractivity contribution in [2.75, 3.05) is 17.3 Å². The molecule has 3 amide bonds. The molecule has 1 aliphatic heterocycles. The summed E-state index contributed by atoms with van der Waals surface area (Å²) in [5.74, 6) is -1.15. The van der Waals surface area contributed by atoms with Crippen LogP contribution in [-0.4, -0.2) is 24.8 Å². The number of nitrogens with zero attached hydrogens (tertiary/aromatic N) is 1. The van der Waals surface area contributed by atoms with Crippen molar-refractivity contribution >= 4 is 57.9 Å². The number of imide groups is 1. The fraction of sp³-hybridized carbons (Fsp3) is 0.105. The van der Waals surface area contributed by atoms with Gasteiger partial charge in [-0.05, 0) is 35.9 Å². The van der Waals surface area contributed by atoms with Crippen LogP contribution in [0.25, 0.3) is 5.57 Å². The van der Waals surface area contributed by atoms with Crippen molar-refractivity contribution in [3.63, 3.8) is 0 Å². The zero-order valence-corrected chi connectivity index (χ0v) is 15.9. The van der Waals surface area contributed by atoms with E-state index in [0.29, 0.717) is 22.0 Å². The van der Waals surface area contributed by atoms with Gasteiger partial charge >= 0.3 is 0 Å². The van der Waals surface area contributed by atoms with Gasteiger partial charge in [0.05, 0.1) is 18.4 Å². The molecule has 1 aliphatic rings. The van der Waals surface area contributed by atoms with Gasteiger partial charge in [-0.15, -0.1) is 0 Å². The van der Waals surface area contributed by atoms with Crippen LogP contribution in [0.1, 0.15) is 12.5 Å². The lowest BCUT2D eigenvalue weighted by atomic mass is 10.1. The number of hydrogen-bond donors (Lipinski definition) is 1. The summed E-state index contributed by atoms with van der Waals surface area (Å²) in [4.78, 5) is 37.7. The lowest BCUT2D eigenvalue weighted by molar-refractivity contribution is -0.120. The van der Waals surface area contributed by atoms with Crippen LogP contribution in [0, 0.1) is 0 Å². The van der Waals surface area contributed by atoms with Gasteiger partial charge < -0.3 is 10.1 Å². The first kappa shape index (κ1) is 18.9. The van der Waals surface area contributed by atoms with Crippen LogP contribution < -0.4 is 15.0 Å². The Hall–Kier alpha value is -2.83. The van der Waals surface area contributed by atoms with E-state index in [9.17, 15) is 14.4 Å². The molecule has 3 rings (SSSR count). The molecular weight excluding hydrogens is 391 g/mol. The summed E-state index contributed by atoms with van der Waals surface area (Å²) in [6, 6.07) is 11.1. The average Bonchev–Trinajstić information content (AvgIpc) is 2.84. The number of carbonyl (C=O) groups is 3. The van der Waals surface area contributed by atoms with Crippen molar-refractivity contribution in [2.24, 2.45) is 0 Å². The maximum atomic E-state index is 13.0. The van der Waals surface area contributed by atoms with Crippen LogP contribution in [0.4, 0.5) is 11.4 Å². The van der Waals surface area contributed by atoms with Crippen LogP contribution in [0.3, 0.4) is 0 Å². The normalized spacial score (nSPS) is 14.0. The molecule has 0 aliphatic carbocycles. The first-order valence-electron chi connectivity index (χ1n) is 7.83.